The zero-order valence-corrected chi connectivity index (χ0v) is 14.0. The van der Waals surface area contributed by atoms with Gasteiger partial charge in [-0.15, -0.1) is 0 Å². The molecule has 25 heavy (non-hydrogen) atoms. The van der Waals surface area contributed by atoms with E-state index in [1.807, 2.05) is 47.6 Å². The van der Waals surface area contributed by atoms with Crippen LogP contribution < -0.4 is 4.74 Å². The molecule has 0 spiro atoms. The van der Waals surface area contributed by atoms with Crippen LogP contribution in [0.2, 0.25) is 0 Å². The van der Waals surface area contributed by atoms with E-state index in [0.717, 1.165) is 23.0 Å². The van der Waals surface area contributed by atoms with Crippen LogP contribution in [0.15, 0.2) is 54.9 Å². The first-order valence-electron chi connectivity index (χ1n) is 8.31. The van der Waals surface area contributed by atoms with Gasteiger partial charge in [0.1, 0.15) is 5.75 Å². The number of nitrogens with zero attached hydrogens (tertiary/aromatic N) is 2. The van der Waals surface area contributed by atoms with Gasteiger partial charge < -0.3 is 14.6 Å². The molecule has 5 nitrogen and oxygen atoms in total. The van der Waals surface area contributed by atoms with Crippen molar-refractivity contribution in [1.82, 2.24) is 14.9 Å². The SMILES string of the molecule is COc1cccc(C(=O)N2CC=C(c3c[nH]c4cccnc34)CC2)c1. The molecule has 4 rings (SSSR count). The lowest BCUT2D eigenvalue weighted by Gasteiger charge is -2.26. The van der Waals surface area contributed by atoms with E-state index in [9.17, 15) is 4.79 Å². The van der Waals surface area contributed by atoms with Gasteiger partial charge in [-0.25, -0.2) is 0 Å². The second-order valence-electron chi connectivity index (χ2n) is 6.06. The second-order valence-corrected chi connectivity index (χ2v) is 6.06. The molecule has 2 aromatic heterocycles. The van der Waals surface area contributed by atoms with E-state index >= 15 is 0 Å². The molecule has 126 valence electrons. The van der Waals surface area contributed by atoms with Gasteiger partial charge in [-0.05, 0) is 42.3 Å². The van der Waals surface area contributed by atoms with Crippen LogP contribution in [0.5, 0.6) is 5.75 Å². The van der Waals surface area contributed by atoms with Gasteiger partial charge in [-0.3, -0.25) is 9.78 Å². The van der Waals surface area contributed by atoms with E-state index in [1.165, 1.54) is 5.57 Å². The molecule has 0 saturated carbocycles. The Labute approximate surface area is 145 Å². The fourth-order valence-corrected chi connectivity index (χ4v) is 3.24. The number of hydrogen-bond donors (Lipinski definition) is 1. The zero-order chi connectivity index (χ0) is 17.2. The van der Waals surface area contributed by atoms with Gasteiger partial charge in [-0.2, -0.15) is 0 Å². The summed E-state index contributed by atoms with van der Waals surface area (Å²) in [4.78, 5) is 22.3. The number of aromatic nitrogens is 2. The van der Waals surface area contributed by atoms with Crippen LogP contribution in [0, 0.1) is 0 Å². The Morgan fingerprint density at radius 2 is 2.20 bits per heavy atom. The number of pyridine rings is 1. The summed E-state index contributed by atoms with van der Waals surface area (Å²) in [6.07, 6.45) is 6.75. The first-order chi connectivity index (χ1) is 12.3. The molecule has 1 aliphatic heterocycles. The van der Waals surface area contributed by atoms with Gasteiger partial charge in [0, 0.05) is 36.6 Å². The van der Waals surface area contributed by atoms with Gasteiger partial charge >= 0.3 is 0 Å². The number of rotatable bonds is 3. The highest BCUT2D eigenvalue weighted by Crippen LogP contribution is 2.28. The molecule has 1 N–H and O–H groups in total. The maximum Gasteiger partial charge on any atom is 0.254 e. The number of fused-ring (bicyclic) bond motifs is 1. The highest BCUT2D eigenvalue weighted by molar-refractivity contribution is 5.96. The first-order valence-corrected chi connectivity index (χ1v) is 8.31. The summed E-state index contributed by atoms with van der Waals surface area (Å²) in [6.45, 7) is 1.30. The monoisotopic (exact) mass is 333 g/mol. The number of H-pyrrole nitrogens is 1. The molecule has 1 aliphatic rings. The smallest absolute Gasteiger partial charge is 0.254 e. The molecule has 1 aromatic carbocycles. The van der Waals surface area contributed by atoms with Gasteiger partial charge in [0.25, 0.3) is 5.91 Å². The van der Waals surface area contributed by atoms with Gasteiger partial charge in [0.15, 0.2) is 0 Å². The maximum absolute atomic E-state index is 12.7. The second kappa shape index (κ2) is 6.43. The van der Waals surface area contributed by atoms with Crippen molar-refractivity contribution in [1.29, 1.82) is 0 Å². The van der Waals surface area contributed by atoms with Crippen molar-refractivity contribution in [2.24, 2.45) is 0 Å². The lowest BCUT2D eigenvalue weighted by atomic mass is 10.0. The molecule has 0 bridgehead atoms. The van der Waals surface area contributed by atoms with E-state index in [2.05, 4.69) is 16.0 Å². The van der Waals surface area contributed by atoms with Crippen LogP contribution in [0.3, 0.4) is 0 Å². The minimum absolute atomic E-state index is 0.0336. The topological polar surface area (TPSA) is 58.2 Å². The average Bonchev–Trinajstić information content (AvgIpc) is 3.12. The summed E-state index contributed by atoms with van der Waals surface area (Å²) in [6, 6.07) is 11.2. The highest BCUT2D eigenvalue weighted by Gasteiger charge is 2.21. The molecule has 3 heterocycles. The van der Waals surface area contributed by atoms with Crippen molar-refractivity contribution in [2.45, 2.75) is 6.42 Å². The minimum atomic E-state index is 0.0336. The summed E-state index contributed by atoms with van der Waals surface area (Å²) in [5.74, 6) is 0.732. The Balaban J connectivity index is 1.54. The molecule has 1 amide bonds. The third kappa shape index (κ3) is 2.89. The van der Waals surface area contributed by atoms with Crippen LogP contribution in [0.25, 0.3) is 16.6 Å². The fourth-order valence-electron chi connectivity index (χ4n) is 3.24. The van der Waals surface area contributed by atoms with Gasteiger partial charge in [-0.1, -0.05) is 12.1 Å². The zero-order valence-electron chi connectivity index (χ0n) is 14.0. The number of carbonyl (C=O) groups is 1. The van der Waals surface area contributed by atoms with E-state index in [-0.39, 0.29) is 5.91 Å². The largest absolute Gasteiger partial charge is 0.497 e. The number of nitrogens with one attached hydrogen (secondary N) is 1. The Morgan fingerprint density at radius 1 is 1.28 bits per heavy atom. The molecule has 0 aliphatic carbocycles. The number of methoxy groups -OCH3 is 1. The van der Waals surface area contributed by atoms with Crippen LogP contribution in [-0.4, -0.2) is 41.0 Å². The third-order valence-corrected chi connectivity index (χ3v) is 4.59. The van der Waals surface area contributed by atoms with E-state index in [1.54, 1.807) is 13.2 Å². The lowest BCUT2D eigenvalue weighted by Crippen LogP contribution is -2.34. The lowest BCUT2D eigenvalue weighted by molar-refractivity contribution is 0.0772. The number of benzene rings is 1. The molecule has 0 saturated heterocycles. The Hall–Kier alpha value is -3.08. The molecule has 3 aromatic rings. The van der Waals surface area contributed by atoms with Crippen LogP contribution in [0.1, 0.15) is 22.3 Å². The number of hydrogen-bond acceptors (Lipinski definition) is 3. The summed E-state index contributed by atoms with van der Waals surface area (Å²) in [5, 5.41) is 0. The van der Waals surface area contributed by atoms with Crippen molar-refractivity contribution in [3.63, 3.8) is 0 Å². The Morgan fingerprint density at radius 3 is 3.00 bits per heavy atom. The summed E-state index contributed by atoms with van der Waals surface area (Å²) in [5.41, 5.74) is 5.04. The molecular formula is C20H19N3O2. The van der Waals surface area contributed by atoms with E-state index < -0.39 is 0 Å². The van der Waals surface area contributed by atoms with E-state index in [0.29, 0.717) is 24.4 Å². The predicted molar refractivity (Wildman–Crippen MR) is 97.6 cm³/mol. The number of aromatic amines is 1. The van der Waals surface area contributed by atoms with Gasteiger partial charge in [0.2, 0.25) is 0 Å². The normalized spacial score (nSPS) is 14.4. The van der Waals surface area contributed by atoms with Gasteiger partial charge in [0.05, 0.1) is 18.1 Å². The van der Waals surface area contributed by atoms with Crippen molar-refractivity contribution in [3.05, 3.63) is 66.0 Å². The summed E-state index contributed by atoms with van der Waals surface area (Å²) >= 11 is 0. The summed E-state index contributed by atoms with van der Waals surface area (Å²) in [7, 11) is 1.61. The standard InChI is InChI=1S/C20H19N3O2/c1-25-16-5-2-4-15(12-16)20(24)23-10-7-14(8-11-23)17-13-22-18-6-3-9-21-19(17)18/h2-7,9,12-13,22H,8,10-11H2,1H3. The Bertz CT molecular complexity index is 958. The molecule has 0 fully saturated rings. The van der Waals surface area contributed by atoms with Crippen LogP contribution in [0.4, 0.5) is 0 Å². The number of ether oxygens (including phenoxy) is 1. The molecule has 5 heteroatoms. The fraction of sp³-hybridized carbons (Fsp3) is 0.200. The van der Waals surface area contributed by atoms with Crippen molar-refractivity contribution in [3.8, 4) is 5.75 Å². The first kappa shape index (κ1) is 15.4. The van der Waals surface area contributed by atoms with Crippen molar-refractivity contribution in [2.75, 3.05) is 20.2 Å². The van der Waals surface area contributed by atoms with Crippen LogP contribution in [-0.2, 0) is 0 Å². The van der Waals surface area contributed by atoms with Crippen molar-refractivity contribution >= 4 is 22.5 Å². The maximum atomic E-state index is 12.7. The molecular weight excluding hydrogens is 314 g/mol. The average molecular weight is 333 g/mol. The third-order valence-electron chi connectivity index (χ3n) is 4.59. The molecule has 0 unspecified atom stereocenters. The predicted octanol–water partition coefficient (Wildman–Crippen LogP) is 3.50. The number of carbonyl (C=O) groups excluding carboxylic acids is 1. The molecule has 0 atom stereocenters. The highest BCUT2D eigenvalue weighted by atomic mass is 16.5. The Kier molecular flexibility index (Phi) is 3.98. The minimum Gasteiger partial charge on any atom is -0.497 e. The molecule has 0 radical (unpaired) electrons. The van der Waals surface area contributed by atoms with Crippen molar-refractivity contribution < 1.29 is 9.53 Å². The number of amides is 1. The quantitative estimate of drug-likeness (QED) is 0.798. The summed E-state index contributed by atoms with van der Waals surface area (Å²) < 4.78 is 5.21. The van der Waals surface area contributed by atoms with E-state index in [4.69, 9.17) is 4.74 Å². The van der Waals surface area contributed by atoms with Crippen LogP contribution >= 0.6 is 0 Å².